The van der Waals surface area contributed by atoms with Crippen LogP contribution in [0.2, 0.25) is 0 Å². The second kappa shape index (κ2) is 11.7. The monoisotopic (exact) mass is 595 g/mol. The second-order valence-corrected chi connectivity index (χ2v) is 12.3. The molecule has 11 heteroatoms. The van der Waals surface area contributed by atoms with Crippen LogP contribution < -0.4 is 9.64 Å². The first kappa shape index (κ1) is 29.5. The molecule has 0 bridgehead atoms. The fourth-order valence-corrected chi connectivity index (χ4v) is 6.08. The molecule has 2 aliphatic heterocycles. The number of fused-ring (bicyclic) bond motifs is 3. The molecule has 1 fully saturated rings. The maximum atomic E-state index is 13.7. The number of anilines is 1. The van der Waals surface area contributed by atoms with Gasteiger partial charge in [0.15, 0.2) is 6.10 Å². The molecule has 42 heavy (non-hydrogen) atoms. The molecule has 0 spiro atoms. The number of hydrogen-bond donors (Lipinski definition) is 0. The standard InChI is InChI=1S/C31H33NO9S/c1-17(33)38-18-14-24(29(35)37-5)40-27(15-18)39-23-16-22-20(19-8-6-7-9-21(19)23)12-13-32(22)28(34)25-10-11-26(42-25)30(36)41-31(2,3)4/h6-11,16,18,24,27H,12-15H2,1-5H3. The lowest BCUT2D eigenvalue weighted by Gasteiger charge is -2.33. The van der Waals surface area contributed by atoms with E-state index >= 15 is 0 Å². The van der Waals surface area contributed by atoms with Gasteiger partial charge < -0.3 is 28.6 Å². The maximum Gasteiger partial charge on any atom is 0.348 e. The number of hydrogen-bond acceptors (Lipinski definition) is 10. The minimum absolute atomic E-state index is 0.158. The van der Waals surface area contributed by atoms with Gasteiger partial charge in [0.25, 0.3) is 5.91 Å². The molecule has 1 aromatic heterocycles. The van der Waals surface area contributed by atoms with E-state index in [-0.39, 0.29) is 18.7 Å². The van der Waals surface area contributed by atoms with Crippen molar-refractivity contribution in [1.82, 2.24) is 0 Å². The molecule has 0 aliphatic carbocycles. The summed E-state index contributed by atoms with van der Waals surface area (Å²) >= 11 is 1.10. The highest BCUT2D eigenvalue weighted by Crippen LogP contribution is 2.42. The Hall–Kier alpha value is -3.96. The van der Waals surface area contributed by atoms with E-state index in [0.717, 1.165) is 27.7 Å². The fourth-order valence-electron chi connectivity index (χ4n) is 5.24. The van der Waals surface area contributed by atoms with Crippen LogP contribution in [0, 0.1) is 0 Å². The van der Waals surface area contributed by atoms with E-state index in [4.69, 9.17) is 23.7 Å². The first-order valence-corrected chi connectivity index (χ1v) is 14.5. The summed E-state index contributed by atoms with van der Waals surface area (Å²) in [4.78, 5) is 52.6. The second-order valence-electron chi connectivity index (χ2n) is 11.2. The highest BCUT2D eigenvalue weighted by molar-refractivity contribution is 7.16. The summed E-state index contributed by atoms with van der Waals surface area (Å²) in [6.07, 6.45) is -1.45. The van der Waals surface area contributed by atoms with Crippen LogP contribution in [0.1, 0.15) is 65.4 Å². The van der Waals surface area contributed by atoms with Gasteiger partial charge in [0.05, 0.1) is 17.7 Å². The Morgan fingerprint density at radius 3 is 2.40 bits per heavy atom. The minimum atomic E-state index is -0.963. The number of nitrogens with zero attached hydrogens (tertiary/aromatic N) is 1. The molecular formula is C31H33NO9S. The van der Waals surface area contributed by atoms with Gasteiger partial charge in [-0.15, -0.1) is 11.3 Å². The molecule has 10 nitrogen and oxygen atoms in total. The summed E-state index contributed by atoms with van der Waals surface area (Å²) in [7, 11) is 1.26. The van der Waals surface area contributed by atoms with Crippen LogP contribution in [0.5, 0.6) is 5.75 Å². The van der Waals surface area contributed by atoms with Gasteiger partial charge in [0.2, 0.25) is 6.29 Å². The highest BCUT2D eigenvalue weighted by Gasteiger charge is 2.38. The Morgan fingerprint density at radius 1 is 1.00 bits per heavy atom. The van der Waals surface area contributed by atoms with Crippen molar-refractivity contribution in [2.45, 2.75) is 71.1 Å². The Labute approximate surface area is 247 Å². The van der Waals surface area contributed by atoms with Gasteiger partial charge in [-0.3, -0.25) is 9.59 Å². The molecule has 1 saturated heterocycles. The number of methoxy groups -OCH3 is 1. The normalized spacial score (nSPS) is 20.1. The van der Waals surface area contributed by atoms with E-state index in [1.165, 1.54) is 14.0 Å². The van der Waals surface area contributed by atoms with E-state index in [2.05, 4.69) is 0 Å². The predicted octanol–water partition coefficient (Wildman–Crippen LogP) is 5.05. The largest absolute Gasteiger partial charge is 0.467 e. The molecule has 0 radical (unpaired) electrons. The molecule has 1 amide bonds. The number of esters is 3. The van der Waals surface area contributed by atoms with Crippen LogP contribution in [-0.2, 0) is 35.0 Å². The van der Waals surface area contributed by atoms with Crippen LogP contribution in [0.15, 0.2) is 42.5 Å². The van der Waals surface area contributed by atoms with Gasteiger partial charge in [0, 0.05) is 37.8 Å². The zero-order valence-electron chi connectivity index (χ0n) is 24.1. The average Bonchev–Trinajstić information content (AvgIpc) is 3.59. The van der Waals surface area contributed by atoms with Gasteiger partial charge in [-0.05, 0) is 50.3 Å². The van der Waals surface area contributed by atoms with Crippen LogP contribution in [-0.4, -0.2) is 61.6 Å². The first-order valence-electron chi connectivity index (χ1n) is 13.7. The molecule has 0 saturated carbocycles. The van der Waals surface area contributed by atoms with Crippen LogP contribution in [0.4, 0.5) is 5.69 Å². The van der Waals surface area contributed by atoms with Crippen LogP contribution >= 0.6 is 11.3 Å². The molecule has 3 aromatic rings. The third-order valence-corrected chi connectivity index (χ3v) is 7.99. The quantitative estimate of drug-likeness (QED) is 0.285. The molecule has 5 rings (SSSR count). The third-order valence-electron chi connectivity index (χ3n) is 6.94. The van der Waals surface area contributed by atoms with Crippen LogP contribution in [0.25, 0.3) is 10.8 Å². The lowest BCUT2D eigenvalue weighted by atomic mass is 10.0. The zero-order valence-corrected chi connectivity index (χ0v) is 24.9. The van der Waals surface area contributed by atoms with E-state index < -0.39 is 42.0 Å². The Balaban J connectivity index is 1.44. The van der Waals surface area contributed by atoms with E-state index in [0.29, 0.717) is 34.2 Å². The Morgan fingerprint density at radius 2 is 1.71 bits per heavy atom. The summed E-state index contributed by atoms with van der Waals surface area (Å²) in [6.45, 7) is 7.14. The maximum absolute atomic E-state index is 13.7. The molecule has 2 aromatic carbocycles. The summed E-state index contributed by atoms with van der Waals surface area (Å²) in [5.74, 6) is -1.30. The Bertz CT molecular complexity index is 1540. The average molecular weight is 596 g/mol. The summed E-state index contributed by atoms with van der Waals surface area (Å²) < 4.78 is 28.0. The smallest absolute Gasteiger partial charge is 0.348 e. The van der Waals surface area contributed by atoms with E-state index in [1.54, 1.807) is 43.9 Å². The van der Waals surface area contributed by atoms with Gasteiger partial charge in [-0.25, -0.2) is 9.59 Å². The number of carbonyl (C=O) groups excluding carboxylic acids is 4. The van der Waals surface area contributed by atoms with Crippen molar-refractivity contribution in [3.05, 3.63) is 57.8 Å². The van der Waals surface area contributed by atoms with Crippen molar-refractivity contribution in [1.29, 1.82) is 0 Å². The van der Waals surface area contributed by atoms with Gasteiger partial charge in [-0.2, -0.15) is 0 Å². The summed E-state index contributed by atoms with van der Waals surface area (Å²) in [5, 5.41) is 1.75. The van der Waals surface area contributed by atoms with Gasteiger partial charge in [0.1, 0.15) is 22.3 Å². The minimum Gasteiger partial charge on any atom is -0.467 e. The molecule has 0 N–H and O–H groups in total. The zero-order chi connectivity index (χ0) is 30.2. The molecule has 3 atom stereocenters. The number of rotatable bonds is 6. The van der Waals surface area contributed by atoms with Gasteiger partial charge >= 0.3 is 17.9 Å². The van der Waals surface area contributed by atoms with Crippen molar-refractivity contribution in [2.75, 3.05) is 18.6 Å². The molecule has 2 aliphatic rings. The lowest BCUT2D eigenvalue weighted by Crippen LogP contribution is -2.44. The van der Waals surface area contributed by atoms with Crippen LogP contribution in [0.3, 0.4) is 0 Å². The molecule has 3 heterocycles. The van der Waals surface area contributed by atoms with Crippen molar-refractivity contribution in [3.8, 4) is 5.75 Å². The number of amides is 1. The van der Waals surface area contributed by atoms with Crippen molar-refractivity contribution in [2.24, 2.45) is 0 Å². The predicted molar refractivity (Wildman–Crippen MR) is 155 cm³/mol. The number of thiophene rings is 1. The molecular weight excluding hydrogens is 562 g/mol. The summed E-state index contributed by atoms with van der Waals surface area (Å²) in [5.41, 5.74) is 1.05. The lowest BCUT2D eigenvalue weighted by molar-refractivity contribution is -0.204. The SMILES string of the molecule is COC(=O)C1CC(OC(C)=O)CC(Oc2cc3c(c4ccccc24)CCN3C(=O)c2ccc(C(=O)OC(C)(C)C)s2)O1. The first-order chi connectivity index (χ1) is 19.9. The van der Waals surface area contributed by atoms with Crippen molar-refractivity contribution < 1.29 is 42.9 Å². The van der Waals surface area contributed by atoms with E-state index in [1.807, 2.05) is 24.3 Å². The van der Waals surface area contributed by atoms with Gasteiger partial charge in [-0.1, -0.05) is 24.3 Å². The third kappa shape index (κ3) is 6.27. The van der Waals surface area contributed by atoms with Crippen molar-refractivity contribution in [3.63, 3.8) is 0 Å². The molecule has 222 valence electrons. The molecule has 3 unspecified atom stereocenters. The summed E-state index contributed by atoms with van der Waals surface area (Å²) in [6, 6.07) is 12.8. The number of benzene rings is 2. The number of ether oxygens (including phenoxy) is 5. The number of carbonyl (C=O) groups is 4. The fraction of sp³-hybridized carbons (Fsp3) is 0.419. The Kier molecular flexibility index (Phi) is 8.25. The topological polar surface area (TPSA) is 118 Å². The van der Waals surface area contributed by atoms with E-state index in [9.17, 15) is 19.2 Å². The highest BCUT2D eigenvalue weighted by atomic mass is 32.1. The van der Waals surface area contributed by atoms with Crippen molar-refractivity contribution >= 4 is 51.6 Å².